The third-order valence-corrected chi connectivity index (χ3v) is 6.49. The topological polar surface area (TPSA) is 110 Å². The zero-order valence-electron chi connectivity index (χ0n) is 17.2. The SMILES string of the molecule is NC(=O)c1ccc2c(c1)C([C@@H](c1ccc(Cl)cc1Cl)C(F)(F)F)N(C1CCC(=O)NC1=O)C2=O. The van der Waals surface area contributed by atoms with Gasteiger partial charge in [-0.05, 0) is 47.9 Å². The molecule has 2 aliphatic heterocycles. The minimum absolute atomic E-state index is 0.107. The normalized spacial score (nSPS) is 21.3. The van der Waals surface area contributed by atoms with Crippen LogP contribution in [0.2, 0.25) is 10.0 Å². The molecule has 178 valence electrons. The van der Waals surface area contributed by atoms with Gasteiger partial charge in [0, 0.05) is 27.6 Å². The third-order valence-electron chi connectivity index (χ3n) is 5.93. The molecule has 0 bridgehead atoms. The second-order valence-electron chi connectivity index (χ2n) is 7.98. The molecule has 3 atom stereocenters. The Morgan fingerprint density at radius 1 is 1.12 bits per heavy atom. The Morgan fingerprint density at radius 2 is 1.82 bits per heavy atom. The number of hydrogen-bond acceptors (Lipinski definition) is 4. The Balaban J connectivity index is 1.96. The van der Waals surface area contributed by atoms with Gasteiger partial charge >= 0.3 is 6.18 Å². The van der Waals surface area contributed by atoms with Crippen LogP contribution in [0.4, 0.5) is 13.2 Å². The molecule has 2 heterocycles. The maximum atomic E-state index is 14.6. The van der Waals surface area contributed by atoms with E-state index in [1.165, 1.54) is 18.2 Å². The Bertz CT molecular complexity index is 1230. The van der Waals surface area contributed by atoms with Gasteiger partial charge < -0.3 is 10.6 Å². The van der Waals surface area contributed by atoms with Crippen molar-refractivity contribution >= 4 is 46.8 Å². The van der Waals surface area contributed by atoms with Crippen molar-refractivity contribution in [3.05, 3.63) is 68.7 Å². The number of piperidine rings is 1. The van der Waals surface area contributed by atoms with Crippen LogP contribution in [0.3, 0.4) is 0 Å². The maximum Gasteiger partial charge on any atom is 0.398 e. The number of benzene rings is 2. The molecule has 2 unspecified atom stereocenters. The molecule has 4 rings (SSSR count). The number of carbonyl (C=O) groups is 4. The number of nitrogens with two attached hydrogens (primary N) is 1. The molecule has 0 saturated carbocycles. The van der Waals surface area contributed by atoms with Gasteiger partial charge in [-0.15, -0.1) is 0 Å². The van der Waals surface area contributed by atoms with E-state index in [-0.39, 0.29) is 45.1 Å². The Morgan fingerprint density at radius 3 is 2.41 bits per heavy atom. The fraction of sp³-hybridized carbons (Fsp3) is 0.273. The Labute approximate surface area is 201 Å². The zero-order valence-corrected chi connectivity index (χ0v) is 18.7. The summed E-state index contributed by atoms with van der Waals surface area (Å²) in [6.45, 7) is 0. The van der Waals surface area contributed by atoms with Crippen molar-refractivity contribution in [2.45, 2.75) is 37.0 Å². The second kappa shape index (κ2) is 8.59. The van der Waals surface area contributed by atoms with E-state index >= 15 is 0 Å². The van der Waals surface area contributed by atoms with Crippen molar-refractivity contribution in [2.75, 3.05) is 0 Å². The first-order valence-corrected chi connectivity index (χ1v) is 10.8. The summed E-state index contributed by atoms with van der Waals surface area (Å²) in [7, 11) is 0. The average Bonchev–Trinajstić information content (AvgIpc) is 3.00. The van der Waals surface area contributed by atoms with Crippen LogP contribution in [-0.2, 0) is 9.59 Å². The Hall–Kier alpha value is -3.11. The first kappa shape index (κ1) is 24.0. The number of rotatable bonds is 4. The van der Waals surface area contributed by atoms with Crippen molar-refractivity contribution < 1.29 is 32.3 Å². The predicted molar refractivity (Wildman–Crippen MR) is 115 cm³/mol. The van der Waals surface area contributed by atoms with E-state index in [0.29, 0.717) is 0 Å². The zero-order chi connectivity index (χ0) is 24.9. The number of amides is 4. The number of imide groups is 1. The van der Waals surface area contributed by atoms with E-state index in [9.17, 15) is 32.3 Å². The quantitative estimate of drug-likeness (QED) is 0.606. The molecular formula is C22H16Cl2F3N3O4. The van der Waals surface area contributed by atoms with Gasteiger partial charge in [-0.1, -0.05) is 29.3 Å². The van der Waals surface area contributed by atoms with Gasteiger partial charge in [-0.2, -0.15) is 13.2 Å². The summed E-state index contributed by atoms with van der Waals surface area (Å²) < 4.78 is 43.9. The number of nitrogens with one attached hydrogen (secondary N) is 1. The minimum atomic E-state index is -4.94. The Kier molecular flexibility index (Phi) is 6.07. The van der Waals surface area contributed by atoms with Gasteiger partial charge in [0.1, 0.15) is 12.0 Å². The summed E-state index contributed by atoms with van der Waals surface area (Å²) in [5, 5.41) is 1.89. The predicted octanol–water partition coefficient (Wildman–Crippen LogP) is 3.74. The number of hydrogen-bond donors (Lipinski definition) is 2. The van der Waals surface area contributed by atoms with Gasteiger partial charge in [-0.3, -0.25) is 24.5 Å². The van der Waals surface area contributed by atoms with Crippen LogP contribution in [-0.4, -0.2) is 40.7 Å². The summed E-state index contributed by atoms with van der Waals surface area (Å²) in [5.74, 6) is -5.60. The number of carbonyl (C=O) groups excluding carboxylic acids is 4. The molecule has 2 aromatic rings. The molecule has 4 amide bonds. The van der Waals surface area contributed by atoms with Gasteiger partial charge in [0.05, 0.1) is 6.04 Å². The molecule has 34 heavy (non-hydrogen) atoms. The largest absolute Gasteiger partial charge is 0.398 e. The van der Waals surface area contributed by atoms with Gasteiger partial charge in [-0.25, -0.2) is 0 Å². The lowest BCUT2D eigenvalue weighted by Gasteiger charge is -2.39. The summed E-state index contributed by atoms with van der Waals surface area (Å²) in [6, 6.07) is 3.91. The van der Waals surface area contributed by atoms with Gasteiger partial charge in [0.15, 0.2) is 0 Å². The number of primary amides is 1. The highest BCUT2D eigenvalue weighted by molar-refractivity contribution is 6.35. The van der Waals surface area contributed by atoms with Crippen molar-refractivity contribution in [1.82, 2.24) is 10.2 Å². The number of halogens is 5. The smallest absolute Gasteiger partial charge is 0.366 e. The van der Waals surface area contributed by atoms with Crippen LogP contribution in [0.15, 0.2) is 36.4 Å². The fourth-order valence-corrected chi connectivity index (χ4v) is 5.00. The second-order valence-corrected chi connectivity index (χ2v) is 8.82. The molecule has 1 fully saturated rings. The lowest BCUT2D eigenvalue weighted by molar-refractivity contribution is -0.167. The number of nitrogens with zero attached hydrogens (tertiary/aromatic N) is 1. The number of fused-ring (bicyclic) bond motifs is 1. The standard InChI is InChI=1S/C22H16Cl2F3N3O4/c23-10-2-4-12(14(24)8-10)17(22(25,26)27)18-13-7-9(19(28)32)1-3-11(13)21(34)30(18)15-5-6-16(31)29-20(15)33/h1-4,7-8,15,17-18H,5-6H2,(H2,28,32)(H,29,31,33)/t15?,17-,18?/m1/s1. The molecule has 2 aliphatic rings. The third kappa shape index (κ3) is 4.12. The average molecular weight is 514 g/mol. The van der Waals surface area contributed by atoms with Crippen molar-refractivity contribution in [3.8, 4) is 0 Å². The van der Waals surface area contributed by atoms with E-state index in [1.807, 2.05) is 0 Å². The summed E-state index contributed by atoms with van der Waals surface area (Å²) in [6.07, 6.45) is -5.26. The maximum absolute atomic E-state index is 14.6. The van der Waals surface area contributed by atoms with Crippen molar-refractivity contribution in [1.29, 1.82) is 0 Å². The summed E-state index contributed by atoms with van der Waals surface area (Å²) in [5.41, 5.74) is 4.61. The van der Waals surface area contributed by atoms with E-state index in [0.717, 1.165) is 23.1 Å². The van der Waals surface area contributed by atoms with E-state index in [4.69, 9.17) is 28.9 Å². The van der Waals surface area contributed by atoms with E-state index < -0.39 is 47.8 Å². The van der Waals surface area contributed by atoms with E-state index in [2.05, 4.69) is 5.32 Å². The van der Waals surface area contributed by atoms with E-state index in [1.54, 1.807) is 0 Å². The van der Waals surface area contributed by atoms with Crippen LogP contribution in [0.25, 0.3) is 0 Å². The molecule has 0 aliphatic carbocycles. The van der Waals surface area contributed by atoms with Crippen LogP contribution < -0.4 is 11.1 Å². The van der Waals surface area contributed by atoms with Crippen LogP contribution in [0.5, 0.6) is 0 Å². The highest BCUT2D eigenvalue weighted by atomic mass is 35.5. The first-order chi connectivity index (χ1) is 15.9. The molecule has 1 saturated heterocycles. The van der Waals surface area contributed by atoms with Crippen molar-refractivity contribution in [2.24, 2.45) is 5.73 Å². The highest BCUT2D eigenvalue weighted by Gasteiger charge is 2.56. The van der Waals surface area contributed by atoms with Crippen LogP contribution in [0.1, 0.15) is 56.6 Å². The van der Waals surface area contributed by atoms with Crippen molar-refractivity contribution in [3.63, 3.8) is 0 Å². The summed E-state index contributed by atoms with van der Waals surface area (Å²) >= 11 is 12.0. The molecular weight excluding hydrogens is 498 g/mol. The monoisotopic (exact) mass is 513 g/mol. The molecule has 0 aromatic heterocycles. The summed E-state index contributed by atoms with van der Waals surface area (Å²) in [4.78, 5) is 50.1. The molecule has 0 radical (unpaired) electrons. The van der Waals surface area contributed by atoms with Gasteiger partial charge in [0.2, 0.25) is 17.7 Å². The molecule has 7 nitrogen and oxygen atoms in total. The first-order valence-electron chi connectivity index (χ1n) is 10.0. The molecule has 12 heteroatoms. The van der Waals surface area contributed by atoms with Crippen LogP contribution in [0, 0.1) is 0 Å². The molecule has 0 spiro atoms. The number of alkyl halides is 3. The fourth-order valence-electron chi connectivity index (χ4n) is 4.47. The lowest BCUT2D eigenvalue weighted by atomic mass is 9.84. The molecule has 2 aromatic carbocycles. The highest BCUT2D eigenvalue weighted by Crippen LogP contribution is 2.53. The van der Waals surface area contributed by atoms with Gasteiger partial charge in [0.25, 0.3) is 5.91 Å². The van der Waals surface area contributed by atoms with Crippen LogP contribution >= 0.6 is 23.2 Å². The minimum Gasteiger partial charge on any atom is -0.366 e. The lowest BCUT2D eigenvalue weighted by Crippen LogP contribution is -2.54. The molecule has 3 N–H and O–H groups in total.